The van der Waals surface area contributed by atoms with Gasteiger partial charge in [0.05, 0.1) is 0 Å². The van der Waals surface area contributed by atoms with E-state index in [9.17, 15) is 13.2 Å². The fraction of sp³-hybridized carbons (Fsp3) is 0.810. The Morgan fingerprint density at radius 3 is 2.45 bits per heavy atom. The van der Waals surface area contributed by atoms with E-state index < -0.39 is 10.2 Å². The molecule has 5 fully saturated rings. The quantitative estimate of drug-likeness (QED) is 0.700. The zero-order chi connectivity index (χ0) is 21.2. The van der Waals surface area contributed by atoms with Gasteiger partial charge in [-0.1, -0.05) is 5.16 Å². The highest BCUT2D eigenvalue weighted by Gasteiger charge is 2.54. The van der Waals surface area contributed by atoms with Crippen LogP contribution in [0.2, 0.25) is 0 Å². The Morgan fingerprint density at radius 1 is 1.13 bits per heavy atom. The first-order valence-electron chi connectivity index (χ1n) is 11.7. The third-order valence-corrected chi connectivity index (χ3v) is 10.1. The summed E-state index contributed by atoms with van der Waals surface area (Å²) in [5.41, 5.74) is 0.512. The predicted octanol–water partition coefficient (Wildman–Crippen LogP) is 1.21. The summed E-state index contributed by atoms with van der Waals surface area (Å²) in [5.74, 6) is 1.00. The lowest BCUT2D eigenvalue weighted by atomic mass is 9.74. The van der Waals surface area contributed by atoms with Gasteiger partial charge in [0, 0.05) is 48.6 Å². The van der Waals surface area contributed by atoms with Crippen LogP contribution in [0.1, 0.15) is 73.5 Å². The molecule has 1 aliphatic carbocycles. The van der Waals surface area contributed by atoms with Gasteiger partial charge in [-0.05, 0) is 64.5 Å². The third-order valence-electron chi connectivity index (χ3n) is 8.02. The predicted molar refractivity (Wildman–Crippen MR) is 113 cm³/mol. The SMILES string of the molecule is O=C(N[C@H]1C[C@H]2CC[C@@H](C1)N2S(=O)(=O)N1CC2(CCNCC2)C1)c1cc(C2CC2)on1. The average Bonchev–Trinajstić information content (AvgIpc) is 3.38. The van der Waals surface area contributed by atoms with Gasteiger partial charge in [0.2, 0.25) is 0 Å². The van der Waals surface area contributed by atoms with Crippen LogP contribution in [-0.4, -0.2) is 72.4 Å². The second kappa shape index (κ2) is 7.26. The molecule has 0 radical (unpaired) electrons. The van der Waals surface area contributed by atoms with E-state index in [4.69, 9.17) is 4.52 Å². The standard InChI is InChI=1S/C21H31N5O4S/c27-20(18-11-19(30-24-18)14-1-2-14)23-15-9-16-3-4-17(10-15)26(16)31(28,29)25-12-21(13-25)5-7-22-8-6-21/h11,14-17,22H,1-10,12-13H2,(H,23,27)/t15-,16+,17-. The monoisotopic (exact) mass is 449 g/mol. The number of rotatable bonds is 5. The van der Waals surface area contributed by atoms with Gasteiger partial charge in [-0.15, -0.1) is 0 Å². The number of carbonyl (C=O) groups excluding carboxylic acids is 1. The van der Waals surface area contributed by atoms with Gasteiger partial charge in [-0.25, -0.2) is 0 Å². The van der Waals surface area contributed by atoms with E-state index in [-0.39, 0.29) is 29.4 Å². The summed E-state index contributed by atoms with van der Waals surface area (Å²) in [6, 6.07) is 1.67. The Labute approximate surface area is 183 Å². The minimum absolute atomic E-state index is 0.0234. The first kappa shape index (κ1) is 20.1. The Morgan fingerprint density at radius 2 is 1.81 bits per heavy atom. The van der Waals surface area contributed by atoms with E-state index in [0.29, 0.717) is 37.5 Å². The number of carbonyl (C=O) groups is 1. The zero-order valence-electron chi connectivity index (χ0n) is 17.8. The summed E-state index contributed by atoms with van der Waals surface area (Å²) >= 11 is 0. The molecule has 0 unspecified atom stereocenters. The summed E-state index contributed by atoms with van der Waals surface area (Å²) in [6.45, 7) is 3.28. The van der Waals surface area contributed by atoms with Gasteiger partial charge in [0.15, 0.2) is 5.69 Å². The molecule has 0 aromatic carbocycles. The molecule has 1 spiro atoms. The van der Waals surface area contributed by atoms with Crippen LogP contribution in [-0.2, 0) is 10.2 Å². The van der Waals surface area contributed by atoms with Crippen molar-refractivity contribution < 1.29 is 17.7 Å². The number of fused-ring (bicyclic) bond motifs is 2. The van der Waals surface area contributed by atoms with E-state index in [1.165, 1.54) is 0 Å². The Balaban J connectivity index is 1.09. The van der Waals surface area contributed by atoms with Crippen molar-refractivity contribution in [2.75, 3.05) is 26.2 Å². The number of nitrogens with one attached hydrogen (secondary N) is 2. The van der Waals surface area contributed by atoms with Crippen molar-refractivity contribution in [3.63, 3.8) is 0 Å². The maximum atomic E-state index is 13.4. The van der Waals surface area contributed by atoms with E-state index in [0.717, 1.165) is 57.4 Å². The normalized spacial score (nSPS) is 33.4. The molecule has 170 valence electrons. The van der Waals surface area contributed by atoms with Crippen LogP contribution in [0.25, 0.3) is 0 Å². The zero-order valence-corrected chi connectivity index (χ0v) is 18.6. The second-order valence-corrected chi connectivity index (χ2v) is 12.1. The average molecular weight is 450 g/mol. The lowest BCUT2D eigenvalue weighted by Crippen LogP contribution is -2.66. The number of piperidine rings is 2. The molecule has 6 rings (SSSR count). The summed E-state index contributed by atoms with van der Waals surface area (Å²) in [4.78, 5) is 12.6. The van der Waals surface area contributed by atoms with Crippen molar-refractivity contribution in [1.29, 1.82) is 0 Å². The molecular weight excluding hydrogens is 418 g/mol. The van der Waals surface area contributed by atoms with Crippen molar-refractivity contribution in [3.8, 4) is 0 Å². The van der Waals surface area contributed by atoms with Crippen LogP contribution >= 0.6 is 0 Å². The lowest BCUT2D eigenvalue weighted by molar-refractivity contribution is 0.0290. The van der Waals surface area contributed by atoms with Crippen molar-refractivity contribution in [3.05, 3.63) is 17.5 Å². The van der Waals surface area contributed by atoms with Crippen molar-refractivity contribution >= 4 is 16.1 Å². The summed E-state index contributed by atoms with van der Waals surface area (Å²) in [7, 11) is -3.43. The number of nitrogens with zero attached hydrogens (tertiary/aromatic N) is 3. The van der Waals surface area contributed by atoms with E-state index >= 15 is 0 Å². The maximum Gasteiger partial charge on any atom is 0.282 e. The number of hydrogen-bond acceptors (Lipinski definition) is 6. The molecule has 1 amide bonds. The maximum absolute atomic E-state index is 13.4. The molecule has 4 saturated heterocycles. The van der Waals surface area contributed by atoms with Crippen LogP contribution in [0.15, 0.2) is 10.6 Å². The molecule has 1 aromatic heterocycles. The highest BCUT2D eigenvalue weighted by Crippen LogP contribution is 2.45. The Kier molecular flexibility index (Phi) is 4.72. The molecule has 31 heavy (non-hydrogen) atoms. The molecular formula is C21H31N5O4S. The number of aromatic nitrogens is 1. The van der Waals surface area contributed by atoms with Gasteiger partial charge in [-0.2, -0.15) is 17.0 Å². The van der Waals surface area contributed by atoms with E-state index in [1.807, 2.05) is 0 Å². The molecule has 3 atom stereocenters. The van der Waals surface area contributed by atoms with Gasteiger partial charge < -0.3 is 15.2 Å². The molecule has 4 aliphatic heterocycles. The fourth-order valence-corrected chi connectivity index (χ4v) is 8.39. The van der Waals surface area contributed by atoms with Crippen molar-refractivity contribution in [2.45, 2.75) is 75.4 Å². The Bertz CT molecular complexity index is 946. The molecule has 5 heterocycles. The Hall–Kier alpha value is -1.49. The molecule has 5 aliphatic rings. The summed E-state index contributed by atoms with van der Waals surface area (Å²) < 4.78 is 35.6. The first-order chi connectivity index (χ1) is 14.9. The van der Waals surface area contributed by atoms with Crippen molar-refractivity contribution in [1.82, 2.24) is 24.4 Å². The van der Waals surface area contributed by atoms with Gasteiger partial charge in [0.1, 0.15) is 5.76 Å². The fourth-order valence-electron chi connectivity index (χ4n) is 6.12. The lowest BCUT2D eigenvalue weighted by Gasteiger charge is -2.53. The van der Waals surface area contributed by atoms with Crippen LogP contribution in [0.5, 0.6) is 0 Å². The molecule has 2 N–H and O–H groups in total. The van der Waals surface area contributed by atoms with Crippen LogP contribution in [0.3, 0.4) is 0 Å². The first-order valence-corrected chi connectivity index (χ1v) is 13.1. The number of amides is 1. The van der Waals surface area contributed by atoms with Crippen LogP contribution in [0, 0.1) is 5.41 Å². The minimum atomic E-state index is -3.43. The minimum Gasteiger partial charge on any atom is -0.360 e. The van der Waals surface area contributed by atoms with E-state index in [2.05, 4.69) is 15.8 Å². The highest BCUT2D eigenvalue weighted by molar-refractivity contribution is 7.86. The largest absolute Gasteiger partial charge is 0.360 e. The summed E-state index contributed by atoms with van der Waals surface area (Å²) in [5, 5.41) is 10.4. The molecule has 2 bridgehead atoms. The molecule has 1 aromatic rings. The second-order valence-electron chi connectivity index (χ2n) is 10.3. The smallest absolute Gasteiger partial charge is 0.282 e. The van der Waals surface area contributed by atoms with E-state index in [1.54, 1.807) is 14.7 Å². The van der Waals surface area contributed by atoms with Crippen LogP contribution in [0.4, 0.5) is 0 Å². The topological polar surface area (TPSA) is 108 Å². The molecule has 1 saturated carbocycles. The van der Waals surface area contributed by atoms with Gasteiger partial charge in [-0.3, -0.25) is 4.79 Å². The van der Waals surface area contributed by atoms with Crippen molar-refractivity contribution in [2.24, 2.45) is 5.41 Å². The molecule has 10 heteroatoms. The summed E-state index contributed by atoms with van der Waals surface area (Å²) in [6.07, 6.45) is 7.39. The number of hydrogen-bond donors (Lipinski definition) is 2. The molecule has 9 nitrogen and oxygen atoms in total. The highest BCUT2D eigenvalue weighted by atomic mass is 32.2. The van der Waals surface area contributed by atoms with Crippen LogP contribution < -0.4 is 10.6 Å². The van der Waals surface area contributed by atoms with Gasteiger partial charge in [0.25, 0.3) is 16.1 Å². The third kappa shape index (κ3) is 3.51. The van der Waals surface area contributed by atoms with Gasteiger partial charge >= 0.3 is 0 Å².